The summed E-state index contributed by atoms with van der Waals surface area (Å²) >= 11 is 0. The Morgan fingerprint density at radius 1 is 1.10 bits per heavy atom. The average Bonchev–Trinajstić information content (AvgIpc) is 2.46. The molecule has 0 saturated carbocycles. The van der Waals surface area contributed by atoms with Gasteiger partial charge >= 0.3 is 6.09 Å². The minimum Gasteiger partial charge on any atom is -0.508 e. The van der Waals surface area contributed by atoms with Crippen LogP contribution < -0.4 is 0 Å². The molecule has 0 bridgehead atoms. The summed E-state index contributed by atoms with van der Waals surface area (Å²) in [5, 5.41) is 9.38. The second-order valence-corrected chi connectivity index (χ2v) is 4.57. The van der Waals surface area contributed by atoms with Gasteiger partial charge in [-0.25, -0.2) is 4.79 Å². The van der Waals surface area contributed by atoms with E-state index in [2.05, 4.69) is 0 Å². The summed E-state index contributed by atoms with van der Waals surface area (Å²) in [5.74, 6) is 0.188. The number of benzene rings is 2. The van der Waals surface area contributed by atoms with Gasteiger partial charge in [0.2, 0.25) is 0 Å². The molecule has 4 nitrogen and oxygen atoms in total. The summed E-state index contributed by atoms with van der Waals surface area (Å²) in [6, 6.07) is 16.3. The van der Waals surface area contributed by atoms with Gasteiger partial charge in [0.05, 0.1) is 0 Å². The average molecular weight is 271 g/mol. The Morgan fingerprint density at radius 2 is 1.80 bits per heavy atom. The number of rotatable bonds is 4. The third-order valence-electron chi connectivity index (χ3n) is 2.85. The van der Waals surface area contributed by atoms with E-state index in [1.807, 2.05) is 36.4 Å². The smallest absolute Gasteiger partial charge is 0.410 e. The van der Waals surface area contributed by atoms with Gasteiger partial charge in [-0.3, -0.25) is 0 Å². The third kappa shape index (κ3) is 4.02. The molecule has 0 fully saturated rings. The number of phenolic OH excluding ortho intramolecular Hbond substituents is 1. The normalized spacial score (nSPS) is 10.1. The lowest BCUT2D eigenvalue weighted by molar-refractivity contribution is 0.103. The van der Waals surface area contributed by atoms with Crippen molar-refractivity contribution in [3.8, 4) is 5.75 Å². The molecule has 4 heteroatoms. The first-order valence-electron chi connectivity index (χ1n) is 6.35. The molecular weight excluding hydrogens is 254 g/mol. The molecule has 0 heterocycles. The van der Waals surface area contributed by atoms with E-state index in [-0.39, 0.29) is 12.4 Å². The quantitative estimate of drug-likeness (QED) is 0.929. The number of carbonyl (C=O) groups excluding carboxylic acids is 1. The molecule has 104 valence electrons. The van der Waals surface area contributed by atoms with Crippen molar-refractivity contribution < 1.29 is 14.6 Å². The molecule has 2 aromatic carbocycles. The van der Waals surface area contributed by atoms with Crippen molar-refractivity contribution in [2.75, 3.05) is 7.05 Å². The van der Waals surface area contributed by atoms with E-state index in [4.69, 9.17) is 4.74 Å². The summed E-state index contributed by atoms with van der Waals surface area (Å²) in [4.78, 5) is 13.3. The van der Waals surface area contributed by atoms with Gasteiger partial charge in [-0.05, 0) is 23.3 Å². The first kappa shape index (κ1) is 13.9. The molecule has 0 spiro atoms. The van der Waals surface area contributed by atoms with E-state index in [0.717, 1.165) is 11.1 Å². The van der Waals surface area contributed by atoms with Crippen molar-refractivity contribution in [2.45, 2.75) is 13.2 Å². The second-order valence-electron chi connectivity index (χ2n) is 4.57. The van der Waals surface area contributed by atoms with Crippen molar-refractivity contribution >= 4 is 6.09 Å². The van der Waals surface area contributed by atoms with Gasteiger partial charge in [-0.1, -0.05) is 42.5 Å². The van der Waals surface area contributed by atoms with Gasteiger partial charge < -0.3 is 14.7 Å². The highest BCUT2D eigenvalue weighted by molar-refractivity contribution is 5.67. The summed E-state index contributed by atoms with van der Waals surface area (Å²) in [6.07, 6.45) is -0.391. The molecular formula is C16H17NO3. The van der Waals surface area contributed by atoms with Crippen LogP contribution in [0.15, 0.2) is 54.6 Å². The Morgan fingerprint density at radius 3 is 2.50 bits per heavy atom. The Balaban J connectivity index is 1.86. The maximum Gasteiger partial charge on any atom is 0.410 e. The molecule has 0 unspecified atom stereocenters. The molecule has 0 aromatic heterocycles. The van der Waals surface area contributed by atoms with Crippen LogP contribution in [-0.2, 0) is 17.9 Å². The zero-order chi connectivity index (χ0) is 14.4. The van der Waals surface area contributed by atoms with Crippen molar-refractivity contribution in [1.82, 2.24) is 4.90 Å². The van der Waals surface area contributed by atoms with E-state index in [0.29, 0.717) is 6.54 Å². The maximum absolute atomic E-state index is 11.8. The van der Waals surface area contributed by atoms with Crippen molar-refractivity contribution in [1.29, 1.82) is 0 Å². The molecule has 0 aliphatic rings. The predicted octanol–water partition coefficient (Wildman–Crippen LogP) is 3.16. The Hall–Kier alpha value is -2.49. The highest BCUT2D eigenvalue weighted by atomic mass is 16.6. The number of ether oxygens (including phenoxy) is 1. The van der Waals surface area contributed by atoms with E-state index >= 15 is 0 Å². The van der Waals surface area contributed by atoms with Crippen molar-refractivity contribution in [2.24, 2.45) is 0 Å². The Labute approximate surface area is 118 Å². The molecule has 1 amide bonds. The van der Waals surface area contributed by atoms with Crippen LogP contribution in [0.25, 0.3) is 0 Å². The van der Waals surface area contributed by atoms with Gasteiger partial charge in [0, 0.05) is 13.6 Å². The van der Waals surface area contributed by atoms with E-state index in [9.17, 15) is 9.90 Å². The SMILES string of the molecule is CN(Cc1cccc(O)c1)C(=O)OCc1ccccc1. The molecule has 0 aliphatic carbocycles. The van der Waals surface area contributed by atoms with Crippen LogP contribution in [0.2, 0.25) is 0 Å². The second kappa shape index (κ2) is 6.61. The first-order valence-corrected chi connectivity index (χ1v) is 6.35. The summed E-state index contributed by atoms with van der Waals surface area (Å²) in [6.45, 7) is 0.645. The largest absolute Gasteiger partial charge is 0.508 e. The molecule has 0 saturated heterocycles. The number of hydrogen-bond acceptors (Lipinski definition) is 3. The van der Waals surface area contributed by atoms with Crippen LogP contribution in [0.5, 0.6) is 5.75 Å². The van der Waals surface area contributed by atoms with Crippen LogP contribution in [-0.4, -0.2) is 23.1 Å². The standard InChI is InChI=1S/C16H17NO3/c1-17(11-14-8-5-9-15(18)10-14)16(19)20-12-13-6-3-2-4-7-13/h2-10,18H,11-12H2,1H3. The lowest BCUT2D eigenvalue weighted by Gasteiger charge is -2.17. The van der Waals surface area contributed by atoms with E-state index in [1.54, 1.807) is 25.2 Å². The van der Waals surface area contributed by atoms with Gasteiger partial charge in [0.25, 0.3) is 0 Å². The van der Waals surface area contributed by atoms with Gasteiger partial charge in [0.15, 0.2) is 0 Å². The molecule has 0 radical (unpaired) electrons. The zero-order valence-corrected chi connectivity index (χ0v) is 11.3. The van der Waals surface area contributed by atoms with Gasteiger partial charge in [0.1, 0.15) is 12.4 Å². The van der Waals surface area contributed by atoms with Crippen LogP contribution in [0, 0.1) is 0 Å². The first-order chi connectivity index (χ1) is 9.65. The van der Waals surface area contributed by atoms with Crippen molar-refractivity contribution in [3.05, 3.63) is 65.7 Å². The fourth-order valence-electron chi connectivity index (χ4n) is 1.82. The molecule has 2 aromatic rings. The highest BCUT2D eigenvalue weighted by Gasteiger charge is 2.10. The number of carbonyl (C=O) groups is 1. The fourth-order valence-corrected chi connectivity index (χ4v) is 1.82. The lowest BCUT2D eigenvalue weighted by atomic mass is 10.2. The number of amides is 1. The lowest BCUT2D eigenvalue weighted by Crippen LogP contribution is -2.26. The number of nitrogens with zero attached hydrogens (tertiary/aromatic N) is 1. The monoisotopic (exact) mass is 271 g/mol. The highest BCUT2D eigenvalue weighted by Crippen LogP contribution is 2.13. The van der Waals surface area contributed by atoms with E-state index < -0.39 is 6.09 Å². The number of phenols is 1. The molecule has 1 N–H and O–H groups in total. The molecule has 2 rings (SSSR count). The Kier molecular flexibility index (Phi) is 4.60. The van der Waals surface area contributed by atoms with Gasteiger partial charge in [-0.2, -0.15) is 0 Å². The minimum atomic E-state index is -0.391. The Bertz CT molecular complexity index is 569. The zero-order valence-electron chi connectivity index (χ0n) is 11.3. The van der Waals surface area contributed by atoms with Crippen LogP contribution in [0.1, 0.15) is 11.1 Å². The number of hydrogen-bond donors (Lipinski definition) is 1. The molecule has 20 heavy (non-hydrogen) atoms. The topological polar surface area (TPSA) is 49.8 Å². The van der Waals surface area contributed by atoms with Crippen molar-refractivity contribution in [3.63, 3.8) is 0 Å². The summed E-state index contributed by atoms with van der Waals surface area (Å²) in [5.41, 5.74) is 1.80. The minimum absolute atomic E-state index is 0.188. The maximum atomic E-state index is 11.8. The number of aromatic hydroxyl groups is 1. The predicted molar refractivity (Wildman–Crippen MR) is 76.2 cm³/mol. The van der Waals surface area contributed by atoms with Crippen LogP contribution in [0.4, 0.5) is 4.79 Å². The molecule has 0 atom stereocenters. The molecule has 0 aliphatic heterocycles. The fraction of sp³-hybridized carbons (Fsp3) is 0.188. The third-order valence-corrected chi connectivity index (χ3v) is 2.85. The van der Waals surface area contributed by atoms with E-state index in [1.165, 1.54) is 4.90 Å². The van der Waals surface area contributed by atoms with Crippen LogP contribution >= 0.6 is 0 Å². The van der Waals surface area contributed by atoms with Gasteiger partial charge in [-0.15, -0.1) is 0 Å². The summed E-state index contributed by atoms with van der Waals surface area (Å²) in [7, 11) is 1.66. The summed E-state index contributed by atoms with van der Waals surface area (Å²) < 4.78 is 5.22. The van der Waals surface area contributed by atoms with Crippen LogP contribution in [0.3, 0.4) is 0 Å².